The van der Waals surface area contributed by atoms with Gasteiger partial charge in [0.25, 0.3) is 11.8 Å². The molecule has 150 valence electrons. The lowest BCUT2D eigenvalue weighted by molar-refractivity contribution is -0.155. The standard InChI is InChI=1S/C20H19N3O6/c1-21-20(27)22-19(26)18(13-7-3-2-4-8-13)29-17(25)11-23-14-9-5-6-10-15(14)28-12-16(23)24/h2-10,18H,11-12H2,1H3,(H2,21,22,26,27). The number of anilines is 1. The Bertz CT molecular complexity index is 931. The number of rotatable bonds is 5. The van der Waals surface area contributed by atoms with Gasteiger partial charge in [-0.3, -0.25) is 24.6 Å². The molecule has 2 aromatic carbocycles. The largest absolute Gasteiger partial charge is 0.482 e. The minimum absolute atomic E-state index is 0.205. The van der Waals surface area contributed by atoms with E-state index in [1.54, 1.807) is 54.6 Å². The number of para-hydroxylation sites is 2. The van der Waals surface area contributed by atoms with Crippen molar-refractivity contribution in [3.05, 3.63) is 60.2 Å². The summed E-state index contributed by atoms with van der Waals surface area (Å²) in [5.41, 5.74) is 0.822. The van der Waals surface area contributed by atoms with Gasteiger partial charge >= 0.3 is 12.0 Å². The van der Waals surface area contributed by atoms with Gasteiger partial charge < -0.3 is 14.8 Å². The van der Waals surface area contributed by atoms with Gasteiger partial charge in [0.2, 0.25) is 6.10 Å². The van der Waals surface area contributed by atoms with Crippen LogP contribution < -0.4 is 20.3 Å². The van der Waals surface area contributed by atoms with E-state index in [0.717, 1.165) is 0 Å². The van der Waals surface area contributed by atoms with E-state index in [1.165, 1.54) is 11.9 Å². The average molecular weight is 397 g/mol. The van der Waals surface area contributed by atoms with Crippen LogP contribution >= 0.6 is 0 Å². The maximum Gasteiger partial charge on any atom is 0.327 e. The molecule has 1 unspecified atom stereocenters. The highest BCUT2D eigenvalue weighted by Gasteiger charge is 2.31. The summed E-state index contributed by atoms with van der Waals surface area (Å²) in [5, 5.41) is 4.35. The highest BCUT2D eigenvalue weighted by Crippen LogP contribution is 2.31. The third-order valence-electron chi connectivity index (χ3n) is 4.15. The molecule has 0 radical (unpaired) electrons. The summed E-state index contributed by atoms with van der Waals surface area (Å²) >= 11 is 0. The molecule has 0 fully saturated rings. The topological polar surface area (TPSA) is 114 Å². The van der Waals surface area contributed by atoms with Gasteiger partial charge in [-0.1, -0.05) is 42.5 Å². The van der Waals surface area contributed by atoms with Crippen LogP contribution in [0.4, 0.5) is 10.5 Å². The minimum Gasteiger partial charge on any atom is -0.482 e. The third-order valence-corrected chi connectivity index (χ3v) is 4.15. The molecule has 0 aromatic heterocycles. The molecule has 9 nitrogen and oxygen atoms in total. The molecule has 1 aliphatic rings. The van der Waals surface area contributed by atoms with E-state index in [-0.39, 0.29) is 6.61 Å². The van der Waals surface area contributed by atoms with Crippen LogP contribution in [-0.4, -0.2) is 44.0 Å². The second kappa shape index (κ2) is 8.87. The van der Waals surface area contributed by atoms with Gasteiger partial charge in [-0.25, -0.2) is 4.79 Å². The number of carbonyl (C=O) groups excluding carboxylic acids is 4. The lowest BCUT2D eigenvalue weighted by Gasteiger charge is -2.29. The maximum absolute atomic E-state index is 12.6. The van der Waals surface area contributed by atoms with Gasteiger partial charge in [0.05, 0.1) is 5.69 Å². The summed E-state index contributed by atoms with van der Waals surface area (Å²) in [6.07, 6.45) is -1.35. The number of ether oxygens (including phenoxy) is 2. The van der Waals surface area contributed by atoms with Crippen molar-refractivity contribution < 1.29 is 28.7 Å². The van der Waals surface area contributed by atoms with Gasteiger partial charge in [-0.15, -0.1) is 0 Å². The predicted molar refractivity (Wildman–Crippen MR) is 102 cm³/mol. The monoisotopic (exact) mass is 397 g/mol. The normalized spacial score (nSPS) is 13.6. The molecule has 2 N–H and O–H groups in total. The number of nitrogens with zero attached hydrogens (tertiary/aromatic N) is 1. The van der Waals surface area contributed by atoms with E-state index in [9.17, 15) is 19.2 Å². The molecule has 29 heavy (non-hydrogen) atoms. The average Bonchev–Trinajstić information content (AvgIpc) is 2.74. The fourth-order valence-electron chi connectivity index (χ4n) is 2.77. The van der Waals surface area contributed by atoms with Crippen molar-refractivity contribution >= 4 is 29.5 Å². The molecule has 0 bridgehead atoms. The van der Waals surface area contributed by atoms with Crippen molar-refractivity contribution in [3.8, 4) is 5.75 Å². The number of hydrogen-bond acceptors (Lipinski definition) is 6. The fourth-order valence-corrected chi connectivity index (χ4v) is 2.77. The summed E-state index contributed by atoms with van der Waals surface area (Å²) in [4.78, 5) is 50.0. The lowest BCUT2D eigenvalue weighted by Crippen LogP contribution is -2.44. The van der Waals surface area contributed by atoms with E-state index >= 15 is 0 Å². The van der Waals surface area contributed by atoms with Crippen molar-refractivity contribution in [2.45, 2.75) is 6.10 Å². The Labute approximate surface area is 166 Å². The zero-order valence-electron chi connectivity index (χ0n) is 15.6. The summed E-state index contributed by atoms with van der Waals surface area (Å²) in [5.74, 6) is -1.56. The highest BCUT2D eigenvalue weighted by atomic mass is 16.5. The van der Waals surface area contributed by atoms with Crippen molar-refractivity contribution in [2.24, 2.45) is 0 Å². The minimum atomic E-state index is -1.35. The van der Waals surface area contributed by atoms with Crippen LogP contribution in [0.3, 0.4) is 0 Å². The van der Waals surface area contributed by atoms with Crippen LogP contribution in [0.15, 0.2) is 54.6 Å². The molecule has 3 rings (SSSR count). The molecule has 0 saturated heterocycles. The van der Waals surface area contributed by atoms with Crippen LogP contribution in [0.2, 0.25) is 0 Å². The van der Waals surface area contributed by atoms with Gasteiger partial charge in [0, 0.05) is 12.6 Å². The second-order valence-electron chi connectivity index (χ2n) is 6.09. The van der Waals surface area contributed by atoms with Crippen molar-refractivity contribution in [3.63, 3.8) is 0 Å². The number of urea groups is 1. The van der Waals surface area contributed by atoms with Gasteiger partial charge in [0.1, 0.15) is 12.3 Å². The molecule has 2 aromatic rings. The number of benzene rings is 2. The van der Waals surface area contributed by atoms with E-state index in [1.807, 2.05) is 0 Å². The van der Waals surface area contributed by atoms with E-state index < -0.39 is 36.5 Å². The molecular weight excluding hydrogens is 378 g/mol. The Morgan fingerprint density at radius 1 is 1.10 bits per heavy atom. The Balaban J connectivity index is 1.77. The van der Waals surface area contributed by atoms with E-state index in [0.29, 0.717) is 17.0 Å². The molecule has 0 saturated carbocycles. The first-order chi connectivity index (χ1) is 14.0. The predicted octanol–water partition coefficient (Wildman–Crippen LogP) is 1.15. The summed E-state index contributed by atoms with van der Waals surface area (Å²) in [6.45, 7) is -0.612. The summed E-state index contributed by atoms with van der Waals surface area (Å²) in [7, 11) is 1.35. The summed E-state index contributed by atoms with van der Waals surface area (Å²) in [6, 6.07) is 14.3. The highest BCUT2D eigenvalue weighted by molar-refractivity contribution is 6.02. The number of esters is 1. The Morgan fingerprint density at radius 3 is 2.52 bits per heavy atom. The van der Waals surface area contributed by atoms with Gasteiger partial charge in [-0.2, -0.15) is 0 Å². The molecule has 4 amide bonds. The Morgan fingerprint density at radius 2 is 1.79 bits per heavy atom. The first-order valence-corrected chi connectivity index (χ1v) is 8.79. The molecule has 0 aliphatic carbocycles. The number of hydrogen-bond donors (Lipinski definition) is 2. The molecule has 1 atom stereocenters. The number of carbonyl (C=O) groups is 4. The number of amides is 4. The molecule has 1 aliphatic heterocycles. The smallest absolute Gasteiger partial charge is 0.327 e. The molecule has 9 heteroatoms. The van der Waals surface area contributed by atoms with Gasteiger partial charge in [0.15, 0.2) is 6.61 Å². The van der Waals surface area contributed by atoms with Crippen molar-refractivity contribution in [2.75, 3.05) is 25.1 Å². The Hall–Kier alpha value is -3.88. The van der Waals surface area contributed by atoms with Crippen molar-refractivity contribution in [1.82, 2.24) is 10.6 Å². The van der Waals surface area contributed by atoms with Crippen LogP contribution in [0.25, 0.3) is 0 Å². The number of imide groups is 1. The van der Waals surface area contributed by atoms with Crippen LogP contribution in [-0.2, 0) is 19.1 Å². The summed E-state index contributed by atoms with van der Waals surface area (Å²) < 4.78 is 10.7. The number of fused-ring (bicyclic) bond motifs is 1. The zero-order valence-corrected chi connectivity index (χ0v) is 15.6. The quantitative estimate of drug-likeness (QED) is 0.732. The van der Waals surface area contributed by atoms with E-state index in [4.69, 9.17) is 9.47 Å². The van der Waals surface area contributed by atoms with Crippen LogP contribution in [0, 0.1) is 0 Å². The van der Waals surface area contributed by atoms with Crippen molar-refractivity contribution in [1.29, 1.82) is 0 Å². The first kappa shape index (κ1) is 19.9. The third kappa shape index (κ3) is 4.70. The lowest BCUT2D eigenvalue weighted by atomic mass is 10.1. The molecular formula is C20H19N3O6. The SMILES string of the molecule is CNC(=O)NC(=O)C(OC(=O)CN1C(=O)COc2ccccc21)c1ccccc1. The van der Waals surface area contributed by atoms with Crippen LogP contribution in [0.5, 0.6) is 5.75 Å². The first-order valence-electron chi connectivity index (χ1n) is 8.79. The van der Waals surface area contributed by atoms with Crippen LogP contribution in [0.1, 0.15) is 11.7 Å². The molecule has 0 spiro atoms. The zero-order chi connectivity index (χ0) is 20.8. The Kier molecular flexibility index (Phi) is 6.08. The number of nitrogens with one attached hydrogen (secondary N) is 2. The van der Waals surface area contributed by atoms with E-state index in [2.05, 4.69) is 10.6 Å². The second-order valence-corrected chi connectivity index (χ2v) is 6.09. The van der Waals surface area contributed by atoms with Gasteiger partial charge in [-0.05, 0) is 12.1 Å². The molecule has 1 heterocycles. The maximum atomic E-state index is 12.6. The fraction of sp³-hybridized carbons (Fsp3) is 0.200.